The predicted molar refractivity (Wildman–Crippen MR) is 67.8 cm³/mol. The summed E-state index contributed by atoms with van der Waals surface area (Å²) in [7, 11) is 1.49. The maximum atomic E-state index is 9.66. The molecule has 0 amide bonds. The van der Waals surface area contributed by atoms with Crippen LogP contribution in [-0.4, -0.2) is 22.2 Å². The van der Waals surface area contributed by atoms with E-state index in [2.05, 4.69) is 25.9 Å². The van der Waals surface area contributed by atoms with Crippen LogP contribution in [0.25, 0.3) is 11.4 Å². The summed E-state index contributed by atoms with van der Waals surface area (Å²) in [6.07, 6.45) is 1.57. The second kappa shape index (κ2) is 4.58. The van der Waals surface area contributed by atoms with E-state index in [-0.39, 0.29) is 5.75 Å². The number of phenols is 1. The Morgan fingerprint density at radius 3 is 2.76 bits per heavy atom. The lowest BCUT2D eigenvalue weighted by molar-refractivity contribution is 0.373. The number of nitrogens with zero attached hydrogens (tertiary/aromatic N) is 2. The summed E-state index contributed by atoms with van der Waals surface area (Å²) in [5.74, 6) is 1.24. The lowest BCUT2D eigenvalue weighted by Gasteiger charge is -2.06. The molecule has 0 saturated heterocycles. The third-order valence-electron chi connectivity index (χ3n) is 2.21. The first-order valence-corrected chi connectivity index (χ1v) is 5.56. The first kappa shape index (κ1) is 11.7. The summed E-state index contributed by atoms with van der Waals surface area (Å²) < 4.78 is 5.59. The molecule has 0 aliphatic carbocycles. The quantitative estimate of drug-likeness (QED) is 0.888. The second-order valence-electron chi connectivity index (χ2n) is 3.31. The molecule has 1 aromatic carbocycles. The molecule has 0 bridgehead atoms. The van der Waals surface area contributed by atoms with Gasteiger partial charge in [-0.3, -0.25) is 0 Å². The molecule has 0 aliphatic heterocycles. The molecule has 1 heterocycles. The molecule has 0 atom stereocenters. The van der Waals surface area contributed by atoms with Crippen molar-refractivity contribution in [2.24, 2.45) is 0 Å². The monoisotopic (exact) mass is 295 g/mol. The fourth-order valence-electron chi connectivity index (χ4n) is 1.35. The van der Waals surface area contributed by atoms with Crippen molar-refractivity contribution in [3.63, 3.8) is 0 Å². The largest absolute Gasteiger partial charge is 0.504 e. The van der Waals surface area contributed by atoms with Gasteiger partial charge in [-0.15, -0.1) is 0 Å². The molecule has 0 aliphatic rings. The van der Waals surface area contributed by atoms with Crippen LogP contribution in [-0.2, 0) is 0 Å². The van der Waals surface area contributed by atoms with Gasteiger partial charge in [-0.05, 0) is 34.1 Å². The Balaban J connectivity index is 2.46. The van der Waals surface area contributed by atoms with E-state index < -0.39 is 0 Å². The van der Waals surface area contributed by atoms with E-state index in [0.717, 1.165) is 0 Å². The Hall–Kier alpha value is -1.82. The summed E-state index contributed by atoms with van der Waals surface area (Å²) in [6.45, 7) is 0. The first-order chi connectivity index (χ1) is 8.11. The molecule has 3 N–H and O–H groups in total. The van der Waals surface area contributed by atoms with E-state index in [9.17, 15) is 5.11 Å². The summed E-state index contributed by atoms with van der Waals surface area (Å²) in [5, 5.41) is 9.66. The van der Waals surface area contributed by atoms with Gasteiger partial charge >= 0.3 is 0 Å². The SMILES string of the molecule is COc1ccc(-c2ncc(Br)c(N)n2)cc1O. The highest BCUT2D eigenvalue weighted by Gasteiger charge is 2.08. The Bertz CT molecular complexity index is 560. The van der Waals surface area contributed by atoms with Crippen molar-refractivity contribution in [2.75, 3.05) is 12.8 Å². The number of nitrogen functional groups attached to an aromatic ring is 1. The average molecular weight is 296 g/mol. The smallest absolute Gasteiger partial charge is 0.161 e. The van der Waals surface area contributed by atoms with Crippen molar-refractivity contribution in [3.05, 3.63) is 28.9 Å². The second-order valence-corrected chi connectivity index (χ2v) is 4.17. The number of methoxy groups -OCH3 is 1. The highest BCUT2D eigenvalue weighted by atomic mass is 79.9. The number of aromatic nitrogens is 2. The number of halogens is 1. The molecule has 0 saturated carbocycles. The minimum absolute atomic E-state index is 0.0371. The minimum Gasteiger partial charge on any atom is -0.504 e. The number of benzene rings is 1. The van der Waals surface area contributed by atoms with Crippen molar-refractivity contribution in [1.29, 1.82) is 0 Å². The van der Waals surface area contributed by atoms with Crippen molar-refractivity contribution in [3.8, 4) is 22.9 Å². The van der Waals surface area contributed by atoms with Crippen molar-refractivity contribution in [1.82, 2.24) is 9.97 Å². The maximum Gasteiger partial charge on any atom is 0.161 e. The molecule has 2 rings (SSSR count). The molecule has 0 radical (unpaired) electrons. The molecule has 0 spiro atoms. The fraction of sp³-hybridized carbons (Fsp3) is 0.0909. The van der Waals surface area contributed by atoms with Crippen LogP contribution in [0.2, 0.25) is 0 Å². The van der Waals surface area contributed by atoms with Gasteiger partial charge in [0.2, 0.25) is 0 Å². The number of aromatic hydroxyl groups is 1. The zero-order valence-electron chi connectivity index (χ0n) is 9.01. The molecule has 0 unspecified atom stereocenters. The molecule has 1 aromatic heterocycles. The lowest BCUT2D eigenvalue weighted by Crippen LogP contribution is -1.96. The molecular formula is C11H10BrN3O2. The number of nitrogens with two attached hydrogens (primary N) is 1. The van der Waals surface area contributed by atoms with Crippen LogP contribution in [0, 0.1) is 0 Å². The summed E-state index contributed by atoms with van der Waals surface area (Å²) >= 11 is 3.22. The lowest BCUT2D eigenvalue weighted by atomic mass is 10.2. The van der Waals surface area contributed by atoms with Crippen LogP contribution >= 0.6 is 15.9 Å². The summed E-state index contributed by atoms with van der Waals surface area (Å²) in [6, 6.07) is 4.93. The van der Waals surface area contributed by atoms with Gasteiger partial charge in [0.05, 0.1) is 11.6 Å². The number of hydrogen-bond acceptors (Lipinski definition) is 5. The minimum atomic E-state index is 0.0371. The molecule has 17 heavy (non-hydrogen) atoms. The predicted octanol–water partition coefficient (Wildman–Crippen LogP) is 2.20. The van der Waals surface area contributed by atoms with Gasteiger partial charge in [0, 0.05) is 11.8 Å². The van der Waals surface area contributed by atoms with E-state index in [1.165, 1.54) is 13.2 Å². The van der Waals surface area contributed by atoms with E-state index in [1.54, 1.807) is 18.3 Å². The number of phenolic OH excluding ortho intramolecular Hbond substituents is 1. The third-order valence-corrected chi connectivity index (χ3v) is 2.82. The van der Waals surface area contributed by atoms with Gasteiger partial charge < -0.3 is 15.6 Å². The van der Waals surface area contributed by atoms with Crippen LogP contribution in [0.3, 0.4) is 0 Å². The van der Waals surface area contributed by atoms with Gasteiger partial charge in [0.25, 0.3) is 0 Å². The molecule has 5 nitrogen and oxygen atoms in total. The first-order valence-electron chi connectivity index (χ1n) is 4.77. The normalized spacial score (nSPS) is 10.2. The third kappa shape index (κ3) is 2.31. The fourth-order valence-corrected chi connectivity index (χ4v) is 1.54. The van der Waals surface area contributed by atoms with E-state index >= 15 is 0 Å². The highest BCUT2D eigenvalue weighted by Crippen LogP contribution is 2.30. The van der Waals surface area contributed by atoms with Crippen LogP contribution in [0.15, 0.2) is 28.9 Å². The molecule has 88 valence electrons. The van der Waals surface area contributed by atoms with Gasteiger partial charge in [-0.1, -0.05) is 0 Å². The molecule has 6 heteroatoms. The zero-order chi connectivity index (χ0) is 12.4. The van der Waals surface area contributed by atoms with Crippen molar-refractivity contribution < 1.29 is 9.84 Å². The molecular weight excluding hydrogens is 286 g/mol. The highest BCUT2D eigenvalue weighted by molar-refractivity contribution is 9.10. The standard InChI is InChI=1S/C11H10BrN3O2/c1-17-9-3-2-6(4-8(9)16)11-14-5-7(12)10(13)15-11/h2-5,16H,1H3,(H2,13,14,15). The van der Waals surface area contributed by atoms with Crippen LogP contribution in [0.5, 0.6) is 11.5 Å². The number of anilines is 1. The Labute approximate surface area is 106 Å². The Kier molecular flexibility index (Phi) is 3.14. The van der Waals surface area contributed by atoms with E-state index in [1.807, 2.05) is 0 Å². The Morgan fingerprint density at radius 1 is 1.41 bits per heavy atom. The topological polar surface area (TPSA) is 81.3 Å². The summed E-state index contributed by atoms with van der Waals surface area (Å²) in [4.78, 5) is 8.22. The van der Waals surface area contributed by atoms with E-state index in [0.29, 0.717) is 27.4 Å². The van der Waals surface area contributed by atoms with Crippen LogP contribution < -0.4 is 10.5 Å². The number of ether oxygens (including phenoxy) is 1. The van der Waals surface area contributed by atoms with Gasteiger partial charge in [0.1, 0.15) is 5.82 Å². The van der Waals surface area contributed by atoms with Gasteiger partial charge in [-0.2, -0.15) is 0 Å². The van der Waals surface area contributed by atoms with Crippen molar-refractivity contribution in [2.45, 2.75) is 0 Å². The van der Waals surface area contributed by atoms with E-state index in [4.69, 9.17) is 10.5 Å². The van der Waals surface area contributed by atoms with Gasteiger partial charge in [-0.25, -0.2) is 9.97 Å². The van der Waals surface area contributed by atoms with Crippen LogP contribution in [0.1, 0.15) is 0 Å². The number of rotatable bonds is 2. The summed E-state index contributed by atoms with van der Waals surface area (Å²) in [5.41, 5.74) is 6.34. The van der Waals surface area contributed by atoms with Crippen LogP contribution in [0.4, 0.5) is 5.82 Å². The van der Waals surface area contributed by atoms with Gasteiger partial charge in [0.15, 0.2) is 17.3 Å². The zero-order valence-corrected chi connectivity index (χ0v) is 10.6. The maximum absolute atomic E-state index is 9.66. The van der Waals surface area contributed by atoms with Crippen molar-refractivity contribution >= 4 is 21.7 Å². The Morgan fingerprint density at radius 2 is 2.18 bits per heavy atom. The molecule has 0 fully saturated rings. The average Bonchev–Trinajstić information content (AvgIpc) is 2.32. The number of hydrogen-bond donors (Lipinski definition) is 2. The molecule has 2 aromatic rings.